The molecule has 0 fully saturated rings. The Bertz CT molecular complexity index is 534. The summed E-state index contributed by atoms with van der Waals surface area (Å²) in [7, 11) is 0. The SMILES string of the molecule is Cc1nc(-c2ccccc2F)sc1CNC(C)C. The van der Waals surface area contributed by atoms with Crippen molar-refractivity contribution in [1.82, 2.24) is 10.3 Å². The lowest BCUT2D eigenvalue weighted by atomic mass is 10.2. The van der Waals surface area contributed by atoms with Crippen LogP contribution in [0.5, 0.6) is 0 Å². The molecule has 0 aliphatic carbocycles. The molecule has 0 unspecified atom stereocenters. The molecule has 2 nitrogen and oxygen atoms in total. The highest BCUT2D eigenvalue weighted by atomic mass is 32.1. The Morgan fingerprint density at radius 1 is 1.33 bits per heavy atom. The molecule has 96 valence electrons. The highest BCUT2D eigenvalue weighted by molar-refractivity contribution is 7.15. The van der Waals surface area contributed by atoms with Gasteiger partial charge >= 0.3 is 0 Å². The molecule has 0 aliphatic heterocycles. The highest BCUT2D eigenvalue weighted by Gasteiger charge is 2.12. The normalized spacial score (nSPS) is 11.2. The third-order valence-electron chi connectivity index (χ3n) is 2.67. The molecule has 1 heterocycles. The summed E-state index contributed by atoms with van der Waals surface area (Å²) in [6.07, 6.45) is 0. The van der Waals surface area contributed by atoms with Crippen LogP contribution in [0.15, 0.2) is 24.3 Å². The fourth-order valence-corrected chi connectivity index (χ4v) is 2.68. The zero-order valence-electron chi connectivity index (χ0n) is 10.8. The highest BCUT2D eigenvalue weighted by Crippen LogP contribution is 2.29. The van der Waals surface area contributed by atoms with Crippen molar-refractivity contribution in [1.29, 1.82) is 0 Å². The molecule has 0 radical (unpaired) electrons. The summed E-state index contributed by atoms with van der Waals surface area (Å²) in [5, 5.41) is 4.11. The van der Waals surface area contributed by atoms with E-state index in [2.05, 4.69) is 24.1 Å². The summed E-state index contributed by atoms with van der Waals surface area (Å²) in [5.74, 6) is -0.213. The van der Waals surface area contributed by atoms with Crippen molar-refractivity contribution in [3.05, 3.63) is 40.7 Å². The molecule has 4 heteroatoms. The molecule has 0 aliphatic rings. The number of thiazole rings is 1. The summed E-state index contributed by atoms with van der Waals surface area (Å²) in [6, 6.07) is 7.20. The lowest BCUT2D eigenvalue weighted by molar-refractivity contribution is 0.591. The van der Waals surface area contributed by atoms with Crippen molar-refractivity contribution in [2.45, 2.75) is 33.4 Å². The largest absolute Gasteiger partial charge is 0.310 e. The molecule has 0 atom stereocenters. The van der Waals surface area contributed by atoms with Gasteiger partial charge in [0.05, 0.1) is 5.69 Å². The quantitative estimate of drug-likeness (QED) is 0.909. The van der Waals surface area contributed by atoms with Crippen LogP contribution in [0.4, 0.5) is 4.39 Å². The summed E-state index contributed by atoms with van der Waals surface area (Å²) < 4.78 is 13.7. The fourth-order valence-electron chi connectivity index (χ4n) is 1.64. The van der Waals surface area contributed by atoms with Crippen LogP contribution in [-0.4, -0.2) is 11.0 Å². The van der Waals surface area contributed by atoms with Gasteiger partial charge in [0.1, 0.15) is 10.8 Å². The monoisotopic (exact) mass is 264 g/mol. The third kappa shape index (κ3) is 2.94. The summed E-state index contributed by atoms with van der Waals surface area (Å²) >= 11 is 1.56. The first kappa shape index (κ1) is 13.2. The first-order valence-corrected chi connectivity index (χ1v) is 6.84. The molecule has 0 spiro atoms. The van der Waals surface area contributed by atoms with Gasteiger partial charge in [0.15, 0.2) is 0 Å². The average molecular weight is 264 g/mol. The van der Waals surface area contributed by atoms with E-state index in [1.165, 1.54) is 10.9 Å². The number of aromatic nitrogens is 1. The minimum atomic E-state index is -0.213. The zero-order valence-corrected chi connectivity index (χ0v) is 11.6. The Labute approximate surface area is 111 Å². The molecule has 1 aromatic carbocycles. The minimum Gasteiger partial charge on any atom is -0.310 e. The second-order valence-electron chi connectivity index (χ2n) is 4.54. The Morgan fingerprint density at radius 2 is 2.06 bits per heavy atom. The second-order valence-corrected chi connectivity index (χ2v) is 5.63. The topological polar surface area (TPSA) is 24.9 Å². The first-order valence-electron chi connectivity index (χ1n) is 6.02. The van der Waals surface area contributed by atoms with E-state index in [9.17, 15) is 4.39 Å². The minimum absolute atomic E-state index is 0.213. The van der Waals surface area contributed by atoms with E-state index in [1.54, 1.807) is 23.5 Å². The van der Waals surface area contributed by atoms with E-state index >= 15 is 0 Å². The smallest absolute Gasteiger partial charge is 0.133 e. The van der Waals surface area contributed by atoms with Gasteiger partial charge in [0.2, 0.25) is 0 Å². The van der Waals surface area contributed by atoms with Crippen LogP contribution >= 0.6 is 11.3 Å². The molecule has 0 bridgehead atoms. The van der Waals surface area contributed by atoms with Crippen LogP contribution in [0.25, 0.3) is 10.6 Å². The molecular formula is C14H17FN2S. The van der Waals surface area contributed by atoms with Crippen LogP contribution in [0.3, 0.4) is 0 Å². The first-order chi connectivity index (χ1) is 8.58. The van der Waals surface area contributed by atoms with E-state index in [-0.39, 0.29) is 5.82 Å². The molecule has 1 aromatic heterocycles. The van der Waals surface area contributed by atoms with E-state index in [1.807, 2.05) is 13.0 Å². The summed E-state index contributed by atoms with van der Waals surface area (Å²) in [4.78, 5) is 5.63. The van der Waals surface area contributed by atoms with Gasteiger partial charge in [0.25, 0.3) is 0 Å². The van der Waals surface area contributed by atoms with Crippen LogP contribution in [0.1, 0.15) is 24.4 Å². The number of nitrogens with one attached hydrogen (secondary N) is 1. The van der Waals surface area contributed by atoms with Crippen molar-refractivity contribution < 1.29 is 4.39 Å². The third-order valence-corrected chi connectivity index (χ3v) is 3.86. The number of benzene rings is 1. The number of rotatable bonds is 4. The lowest BCUT2D eigenvalue weighted by Gasteiger charge is -2.05. The lowest BCUT2D eigenvalue weighted by Crippen LogP contribution is -2.21. The van der Waals surface area contributed by atoms with Gasteiger partial charge in [-0.3, -0.25) is 0 Å². The zero-order chi connectivity index (χ0) is 13.1. The maximum absolute atomic E-state index is 13.7. The van der Waals surface area contributed by atoms with Crippen molar-refractivity contribution in [2.75, 3.05) is 0 Å². The number of nitrogens with zero attached hydrogens (tertiary/aromatic N) is 1. The van der Waals surface area contributed by atoms with Gasteiger partial charge in [-0.1, -0.05) is 26.0 Å². The summed E-state index contributed by atoms with van der Waals surface area (Å²) in [6.45, 7) is 6.97. The standard InChI is InChI=1S/C14H17FN2S/c1-9(2)16-8-13-10(3)17-14(18-13)11-6-4-5-7-12(11)15/h4-7,9,16H,8H2,1-3H3. The van der Waals surface area contributed by atoms with Crippen LogP contribution in [0.2, 0.25) is 0 Å². The molecule has 0 amide bonds. The van der Waals surface area contributed by atoms with E-state index in [4.69, 9.17) is 0 Å². The second kappa shape index (κ2) is 5.59. The Balaban J connectivity index is 2.26. The predicted octanol–water partition coefficient (Wildman–Crippen LogP) is 3.76. The van der Waals surface area contributed by atoms with Crippen LogP contribution in [0, 0.1) is 12.7 Å². The maximum atomic E-state index is 13.7. The van der Waals surface area contributed by atoms with Gasteiger partial charge in [-0.2, -0.15) is 0 Å². The number of hydrogen-bond donors (Lipinski definition) is 1. The van der Waals surface area contributed by atoms with E-state index < -0.39 is 0 Å². The van der Waals surface area contributed by atoms with Crippen molar-refractivity contribution >= 4 is 11.3 Å². The number of aryl methyl sites for hydroxylation is 1. The van der Waals surface area contributed by atoms with Gasteiger partial charge < -0.3 is 5.32 Å². The average Bonchev–Trinajstić information content (AvgIpc) is 2.68. The molecular weight excluding hydrogens is 247 g/mol. The van der Waals surface area contributed by atoms with Crippen molar-refractivity contribution in [3.63, 3.8) is 0 Å². The van der Waals surface area contributed by atoms with Gasteiger partial charge in [-0.25, -0.2) is 9.37 Å². The van der Waals surface area contributed by atoms with E-state index in [0.29, 0.717) is 11.6 Å². The van der Waals surface area contributed by atoms with Crippen molar-refractivity contribution in [2.24, 2.45) is 0 Å². The number of halogens is 1. The Morgan fingerprint density at radius 3 is 2.72 bits per heavy atom. The van der Waals surface area contributed by atoms with E-state index in [0.717, 1.165) is 17.2 Å². The van der Waals surface area contributed by atoms with Gasteiger partial charge in [-0.05, 0) is 19.1 Å². The van der Waals surface area contributed by atoms with Gasteiger partial charge in [0, 0.05) is 23.0 Å². The van der Waals surface area contributed by atoms with Crippen LogP contribution < -0.4 is 5.32 Å². The van der Waals surface area contributed by atoms with Gasteiger partial charge in [-0.15, -0.1) is 11.3 Å². The molecule has 2 rings (SSSR count). The summed E-state index contributed by atoms with van der Waals surface area (Å²) in [5.41, 5.74) is 1.56. The maximum Gasteiger partial charge on any atom is 0.133 e. The molecule has 0 saturated heterocycles. The van der Waals surface area contributed by atoms with Crippen molar-refractivity contribution in [3.8, 4) is 10.6 Å². The molecule has 18 heavy (non-hydrogen) atoms. The van der Waals surface area contributed by atoms with Crippen LogP contribution in [-0.2, 0) is 6.54 Å². The number of hydrogen-bond acceptors (Lipinski definition) is 3. The molecule has 0 saturated carbocycles. The Hall–Kier alpha value is -1.26. The Kier molecular flexibility index (Phi) is 4.09. The molecule has 2 aromatic rings. The molecule has 1 N–H and O–H groups in total. The predicted molar refractivity (Wildman–Crippen MR) is 74.2 cm³/mol. The fraction of sp³-hybridized carbons (Fsp3) is 0.357.